The lowest BCUT2D eigenvalue weighted by molar-refractivity contribution is 0.0595. The van der Waals surface area contributed by atoms with Gasteiger partial charge in [0.2, 0.25) is 10.0 Å². The average Bonchev–Trinajstić information content (AvgIpc) is 2.45. The first-order chi connectivity index (χ1) is 9.50. The van der Waals surface area contributed by atoms with Gasteiger partial charge in [-0.25, -0.2) is 13.6 Å². The van der Waals surface area contributed by atoms with E-state index in [2.05, 4.69) is 5.32 Å². The predicted octanol–water partition coefficient (Wildman–Crippen LogP) is 1.18. The normalized spacial score (nSPS) is 19.6. The fourth-order valence-electron chi connectivity index (χ4n) is 2.22. The van der Waals surface area contributed by atoms with Crippen molar-refractivity contribution in [3.05, 3.63) is 18.2 Å². The van der Waals surface area contributed by atoms with E-state index in [1.165, 1.54) is 12.1 Å². The molecule has 0 aromatic heterocycles. The molecule has 0 radical (unpaired) electrons. The maximum absolute atomic E-state index is 11.4. The maximum Gasteiger partial charge on any atom is 0.238 e. The minimum atomic E-state index is -3.71. The van der Waals surface area contributed by atoms with Crippen molar-refractivity contribution >= 4 is 15.7 Å². The third kappa shape index (κ3) is 3.84. The molecule has 1 aliphatic rings. The summed E-state index contributed by atoms with van der Waals surface area (Å²) >= 11 is 0. The van der Waals surface area contributed by atoms with Gasteiger partial charge in [0.15, 0.2) is 0 Å². The molecule has 6 nitrogen and oxygen atoms in total. The van der Waals surface area contributed by atoms with Crippen LogP contribution in [0.5, 0.6) is 5.75 Å². The van der Waals surface area contributed by atoms with E-state index in [1.54, 1.807) is 13.2 Å². The second-order valence-electron chi connectivity index (χ2n) is 4.87. The van der Waals surface area contributed by atoms with Crippen molar-refractivity contribution in [3.63, 3.8) is 0 Å². The fraction of sp³-hybridized carbons (Fsp3) is 0.538. The summed E-state index contributed by atoms with van der Waals surface area (Å²) in [6, 6.07) is 4.53. The van der Waals surface area contributed by atoms with Crippen molar-refractivity contribution in [1.29, 1.82) is 0 Å². The van der Waals surface area contributed by atoms with Crippen molar-refractivity contribution in [2.24, 2.45) is 11.1 Å². The van der Waals surface area contributed by atoms with Gasteiger partial charge in [0.05, 0.1) is 24.3 Å². The number of sulfonamides is 1. The first-order valence-corrected chi connectivity index (χ1v) is 8.08. The van der Waals surface area contributed by atoms with Gasteiger partial charge < -0.3 is 14.8 Å². The summed E-state index contributed by atoms with van der Waals surface area (Å²) in [5.41, 5.74) is 0.629. The number of methoxy groups -OCH3 is 1. The summed E-state index contributed by atoms with van der Waals surface area (Å²) < 4.78 is 33.4. The molecule has 3 N–H and O–H groups in total. The van der Waals surface area contributed by atoms with Crippen LogP contribution in [-0.4, -0.2) is 35.3 Å². The predicted molar refractivity (Wildman–Crippen MR) is 76.4 cm³/mol. The van der Waals surface area contributed by atoms with Gasteiger partial charge in [0.1, 0.15) is 5.75 Å². The second kappa shape index (κ2) is 6.43. The van der Waals surface area contributed by atoms with Crippen molar-refractivity contribution in [2.75, 3.05) is 32.2 Å². The van der Waals surface area contributed by atoms with Crippen LogP contribution in [0.15, 0.2) is 23.1 Å². The number of ether oxygens (including phenoxy) is 2. The monoisotopic (exact) mass is 300 g/mol. The SMILES string of the molecule is COc1ccc(S(N)(=O)=O)cc1NCC1CCCOC1. The minimum absolute atomic E-state index is 0.0701. The van der Waals surface area contributed by atoms with E-state index in [0.29, 0.717) is 23.9 Å². The highest BCUT2D eigenvalue weighted by molar-refractivity contribution is 7.89. The summed E-state index contributed by atoms with van der Waals surface area (Å²) in [5, 5.41) is 8.36. The van der Waals surface area contributed by atoms with E-state index < -0.39 is 10.0 Å². The number of nitrogens with one attached hydrogen (secondary N) is 1. The standard InChI is InChI=1S/C13H20N2O4S/c1-18-13-5-4-11(20(14,16)17)7-12(13)15-8-10-3-2-6-19-9-10/h4-5,7,10,15H,2-3,6,8-9H2,1H3,(H2,14,16,17). The number of primary sulfonamides is 1. The summed E-state index contributed by atoms with van der Waals surface area (Å²) in [6.45, 7) is 2.26. The average molecular weight is 300 g/mol. The van der Waals surface area contributed by atoms with Crippen molar-refractivity contribution in [3.8, 4) is 5.75 Å². The zero-order chi connectivity index (χ0) is 14.6. The molecule has 0 bridgehead atoms. The van der Waals surface area contributed by atoms with Crippen LogP contribution in [-0.2, 0) is 14.8 Å². The Balaban J connectivity index is 2.11. The zero-order valence-electron chi connectivity index (χ0n) is 11.5. The van der Waals surface area contributed by atoms with Crippen LogP contribution >= 0.6 is 0 Å². The molecule has 112 valence electrons. The molecule has 1 saturated heterocycles. The molecule has 2 rings (SSSR count). The van der Waals surface area contributed by atoms with Gasteiger partial charge in [0.25, 0.3) is 0 Å². The molecule has 0 spiro atoms. The van der Waals surface area contributed by atoms with Crippen molar-refractivity contribution in [1.82, 2.24) is 0 Å². The number of anilines is 1. The van der Waals surface area contributed by atoms with Gasteiger partial charge in [-0.2, -0.15) is 0 Å². The molecule has 0 saturated carbocycles. The highest BCUT2D eigenvalue weighted by Gasteiger charge is 2.16. The van der Waals surface area contributed by atoms with E-state index in [1.807, 2.05) is 0 Å². The topological polar surface area (TPSA) is 90.7 Å². The Bertz CT molecular complexity index is 553. The largest absolute Gasteiger partial charge is 0.495 e. The Hall–Kier alpha value is -1.31. The van der Waals surface area contributed by atoms with Gasteiger partial charge in [-0.05, 0) is 37.0 Å². The first kappa shape index (κ1) is 15.1. The molecule has 1 heterocycles. The molecule has 1 fully saturated rings. The van der Waals surface area contributed by atoms with Gasteiger partial charge in [0, 0.05) is 13.2 Å². The molecular weight excluding hydrogens is 280 g/mol. The van der Waals surface area contributed by atoms with E-state index in [0.717, 1.165) is 26.1 Å². The Morgan fingerprint density at radius 2 is 2.30 bits per heavy atom. The highest BCUT2D eigenvalue weighted by atomic mass is 32.2. The Labute approximate surface area is 119 Å². The Kier molecular flexibility index (Phi) is 4.85. The highest BCUT2D eigenvalue weighted by Crippen LogP contribution is 2.27. The molecule has 0 amide bonds. The van der Waals surface area contributed by atoms with E-state index >= 15 is 0 Å². The van der Waals surface area contributed by atoms with E-state index in [-0.39, 0.29) is 4.90 Å². The lowest BCUT2D eigenvalue weighted by Gasteiger charge is -2.23. The minimum Gasteiger partial charge on any atom is -0.495 e. The summed E-state index contributed by atoms with van der Waals surface area (Å²) in [5.74, 6) is 1.01. The first-order valence-electron chi connectivity index (χ1n) is 6.53. The van der Waals surface area contributed by atoms with Crippen LogP contribution in [0.3, 0.4) is 0 Å². The fourth-order valence-corrected chi connectivity index (χ4v) is 2.76. The summed E-state index contributed by atoms with van der Waals surface area (Å²) in [6.07, 6.45) is 2.16. The smallest absolute Gasteiger partial charge is 0.238 e. The molecule has 1 aromatic carbocycles. The second-order valence-corrected chi connectivity index (χ2v) is 6.43. The summed E-state index contributed by atoms with van der Waals surface area (Å²) in [7, 11) is -2.17. The molecule has 1 aliphatic heterocycles. The number of rotatable bonds is 5. The van der Waals surface area contributed by atoms with Crippen LogP contribution in [0.25, 0.3) is 0 Å². The Morgan fingerprint density at radius 3 is 2.90 bits per heavy atom. The Morgan fingerprint density at radius 1 is 1.50 bits per heavy atom. The van der Waals surface area contributed by atoms with Gasteiger partial charge in [-0.15, -0.1) is 0 Å². The number of hydrogen-bond donors (Lipinski definition) is 2. The lowest BCUT2D eigenvalue weighted by Crippen LogP contribution is -2.24. The van der Waals surface area contributed by atoms with Crippen molar-refractivity contribution < 1.29 is 17.9 Å². The van der Waals surface area contributed by atoms with E-state index in [9.17, 15) is 8.42 Å². The van der Waals surface area contributed by atoms with Crippen LogP contribution in [0.4, 0.5) is 5.69 Å². The number of hydrogen-bond acceptors (Lipinski definition) is 5. The molecule has 7 heteroatoms. The van der Waals surface area contributed by atoms with Gasteiger partial charge in [-0.1, -0.05) is 0 Å². The molecule has 20 heavy (non-hydrogen) atoms. The van der Waals surface area contributed by atoms with Gasteiger partial charge >= 0.3 is 0 Å². The van der Waals surface area contributed by atoms with Gasteiger partial charge in [-0.3, -0.25) is 0 Å². The molecule has 1 unspecified atom stereocenters. The molecule has 1 atom stereocenters. The molecule has 1 aromatic rings. The zero-order valence-corrected chi connectivity index (χ0v) is 12.3. The number of benzene rings is 1. The van der Waals surface area contributed by atoms with E-state index in [4.69, 9.17) is 14.6 Å². The number of nitrogens with two attached hydrogens (primary N) is 1. The van der Waals surface area contributed by atoms with Crippen LogP contribution in [0, 0.1) is 5.92 Å². The maximum atomic E-state index is 11.4. The van der Waals surface area contributed by atoms with Crippen LogP contribution in [0.1, 0.15) is 12.8 Å². The van der Waals surface area contributed by atoms with Crippen LogP contribution in [0.2, 0.25) is 0 Å². The van der Waals surface area contributed by atoms with Crippen molar-refractivity contribution in [2.45, 2.75) is 17.7 Å². The third-order valence-corrected chi connectivity index (χ3v) is 4.25. The summed E-state index contributed by atoms with van der Waals surface area (Å²) in [4.78, 5) is 0.0701. The quantitative estimate of drug-likeness (QED) is 0.852. The lowest BCUT2D eigenvalue weighted by atomic mass is 10.0. The van der Waals surface area contributed by atoms with Crippen LogP contribution < -0.4 is 15.2 Å². The molecule has 0 aliphatic carbocycles. The third-order valence-electron chi connectivity index (χ3n) is 3.34. The molecular formula is C13H20N2O4S.